The molecule has 126 valence electrons. The van der Waals surface area contributed by atoms with Crippen LogP contribution in [0.2, 0.25) is 0 Å². The van der Waals surface area contributed by atoms with Crippen molar-refractivity contribution >= 4 is 23.5 Å². The molecule has 0 spiro atoms. The van der Waals surface area contributed by atoms with Crippen LogP contribution in [0.3, 0.4) is 0 Å². The van der Waals surface area contributed by atoms with E-state index in [2.05, 4.69) is 27.1 Å². The fourth-order valence-electron chi connectivity index (χ4n) is 1.73. The number of nitrogens with zero attached hydrogens (tertiary/aromatic N) is 3. The fourth-order valence-corrected chi connectivity index (χ4v) is 2.26. The zero-order valence-electron chi connectivity index (χ0n) is 12.8. The molecule has 8 heteroatoms. The smallest absolute Gasteiger partial charge is 0.362 e. The second-order valence-electron chi connectivity index (χ2n) is 4.72. The number of alkyl halides is 3. The second kappa shape index (κ2) is 7.96. The molecule has 1 N–H and O–H groups in total. The van der Waals surface area contributed by atoms with E-state index in [1.165, 1.54) is 24.0 Å². The SMILES string of the molecule is C=CCSc1nnc(C)c(/C=C/Nc2cccc(C(F)(F)F)c2)n1. The Kier molecular flexibility index (Phi) is 5.97. The number of rotatable bonds is 6. The molecule has 2 aromatic rings. The van der Waals surface area contributed by atoms with E-state index in [0.29, 0.717) is 28.0 Å². The van der Waals surface area contributed by atoms with Crippen LogP contribution in [0.25, 0.3) is 6.08 Å². The highest BCUT2D eigenvalue weighted by Crippen LogP contribution is 2.30. The van der Waals surface area contributed by atoms with Gasteiger partial charge in [0.15, 0.2) is 0 Å². The summed E-state index contributed by atoms with van der Waals surface area (Å²) >= 11 is 1.40. The molecule has 0 saturated carbocycles. The van der Waals surface area contributed by atoms with Crippen LogP contribution in [-0.2, 0) is 6.18 Å². The summed E-state index contributed by atoms with van der Waals surface area (Å²) in [5.41, 5.74) is 0.849. The molecule has 0 aliphatic carbocycles. The van der Waals surface area contributed by atoms with E-state index in [0.717, 1.165) is 12.1 Å². The van der Waals surface area contributed by atoms with Crippen LogP contribution in [0.1, 0.15) is 17.0 Å². The minimum absolute atomic E-state index is 0.335. The molecule has 1 heterocycles. The average molecular weight is 352 g/mol. The molecule has 0 saturated heterocycles. The highest BCUT2D eigenvalue weighted by molar-refractivity contribution is 7.99. The van der Waals surface area contributed by atoms with Crippen LogP contribution in [-0.4, -0.2) is 20.9 Å². The molecule has 1 aromatic heterocycles. The van der Waals surface area contributed by atoms with Crippen molar-refractivity contribution in [1.82, 2.24) is 15.2 Å². The lowest BCUT2D eigenvalue weighted by molar-refractivity contribution is -0.137. The quantitative estimate of drug-likeness (QED) is 0.610. The molecule has 0 radical (unpaired) electrons. The Morgan fingerprint density at radius 1 is 1.29 bits per heavy atom. The van der Waals surface area contributed by atoms with Crippen LogP contribution in [0.15, 0.2) is 48.3 Å². The molecule has 0 fully saturated rings. The Hall–Kier alpha value is -2.35. The average Bonchev–Trinajstić information content (AvgIpc) is 2.55. The second-order valence-corrected chi connectivity index (χ2v) is 5.71. The van der Waals surface area contributed by atoms with Crippen LogP contribution in [0, 0.1) is 6.92 Å². The molecule has 2 rings (SSSR count). The maximum absolute atomic E-state index is 12.7. The largest absolute Gasteiger partial charge is 0.416 e. The molecule has 0 aliphatic rings. The summed E-state index contributed by atoms with van der Waals surface area (Å²) in [5.74, 6) is 0.663. The normalized spacial score (nSPS) is 11.7. The number of anilines is 1. The van der Waals surface area contributed by atoms with E-state index in [9.17, 15) is 13.2 Å². The lowest BCUT2D eigenvalue weighted by Gasteiger charge is -2.08. The number of nitrogens with one attached hydrogen (secondary N) is 1. The number of halogens is 3. The number of aromatic nitrogens is 3. The Bertz CT molecular complexity index is 744. The standard InChI is InChI=1S/C16H15F3N4S/c1-3-9-24-15-21-14(11(2)22-23-15)7-8-20-13-6-4-5-12(10-13)16(17,18)19/h3-8,10,20H,1,9H2,2H3/b8-7+. The van der Waals surface area contributed by atoms with Crippen molar-refractivity contribution in [3.05, 3.63) is 60.1 Å². The number of aryl methyl sites for hydroxylation is 1. The van der Waals surface area contributed by atoms with Crippen LogP contribution < -0.4 is 5.32 Å². The first-order chi connectivity index (χ1) is 11.4. The van der Waals surface area contributed by atoms with E-state index in [4.69, 9.17) is 0 Å². The zero-order valence-corrected chi connectivity index (χ0v) is 13.7. The Balaban J connectivity index is 2.10. The van der Waals surface area contributed by atoms with Crippen LogP contribution in [0.4, 0.5) is 18.9 Å². The maximum Gasteiger partial charge on any atom is 0.416 e. The molecule has 24 heavy (non-hydrogen) atoms. The highest BCUT2D eigenvalue weighted by Gasteiger charge is 2.30. The third-order valence-electron chi connectivity index (χ3n) is 2.88. The van der Waals surface area contributed by atoms with Crippen molar-refractivity contribution in [3.63, 3.8) is 0 Å². The molecule has 0 bridgehead atoms. The summed E-state index contributed by atoms with van der Waals surface area (Å²) in [6, 6.07) is 4.97. The van der Waals surface area contributed by atoms with Gasteiger partial charge in [-0.05, 0) is 31.2 Å². The highest BCUT2D eigenvalue weighted by atomic mass is 32.2. The molecule has 0 aliphatic heterocycles. The summed E-state index contributed by atoms with van der Waals surface area (Å²) in [6.07, 6.45) is 0.529. The predicted molar refractivity (Wildman–Crippen MR) is 89.6 cm³/mol. The van der Waals surface area contributed by atoms with Crippen LogP contribution in [0.5, 0.6) is 0 Å². The molecule has 0 atom stereocenters. The number of benzene rings is 1. The molecule has 0 unspecified atom stereocenters. The van der Waals surface area contributed by atoms with Crippen molar-refractivity contribution < 1.29 is 13.2 Å². The predicted octanol–water partition coefficient (Wildman–Crippen LogP) is 4.56. The summed E-state index contributed by atoms with van der Waals surface area (Å²) < 4.78 is 38.0. The third-order valence-corrected chi connectivity index (χ3v) is 3.72. The first-order valence-corrected chi connectivity index (χ1v) is 7.94. The molecule has 0 amide bonds. The van der Waals surface area contributed by atoms with Crippen molar-refractivity contribution in [2.75, 3.05) is 11.1 Å². The fraction of sp³-hybridized carbons (Fsp3) is 0.188. The lowest BCUT2D eigenvalue weighted by Crippen LogP contribution is -2.05. The van der Waals surface area contributed by atoms with Gasteiger partial charge >= 0.3 is 6.18 Å². The van der Waals surface area contributed by atoms with Gasteiger partial charge in [-0.1, -0.05) is 23.9 Å². The topological polar surface area (TPSA) is 50.7 Å². The number of hydrogen-bond acceptors (Lipinski definition) is 5. The van der Waals surface area contributed by atoms with Crippen LogP contribution >= 0.6 is 11.8 Å². The van der Waals surface area contributed by atoms with Gasteiger partial charge in [0.05, 0.1) is 17.0 Å². The van der Waals surface area contributed by atoms with E-state index < -0.39 is 11.7 Å². The molecule has 1 aromatic carbocycles. The molecular formula is C16H15F3N4S. The Morgan fingerprint density at radius 2 is 2.08 bits per heavy atom. The van der Waals surface area contributed by atoms with Gasteiger partial charge in [0.2, 0.25) is 5.16 Å². The first kappa shape index (κ1) is 18.0. The summed E-state index contributed by atoms with van der Waals surface area (Å²) in [4.78, 5) is 4.33. The molecular weight excluding hydrogens is 337 g/mol. The van der Waals surface area contributed by atoms with Gasteiger partial charge < -0.3 is 5.32 Å². The van der Waals surface area contributed by atoms with Crippen molar-refractivity contribution in [3.8, 4) is 0 Å². The Labute approximate surface area is 141 Å². The van der Waals surface area contributed by atoms with Crippen molar-refractivity contribution in [2.45, 2.75) is 18.3 Å². The summed E-state index contributed by atoms with van der Waals surface area (Å²) in [6.45, 7) is 5.38. The van der Waals surface area contributed by atoms with E-state index in [1.807, 2.05) is 0 Å². The molecule has 4 nitrogen and oxygen atoms in total. The van der Waals surface area contributed by atoms with Gasteiger partial charge in [-0.15, -0.1) is 11.7 Å². The van der Waals surface area contributed by atoms with E-state index in [-0.39, 0.29) is 0 Å². The first-order valence-electron chi connectivity index (χ1n) is 6.95. The lowest BCUT2D eigenvalue weighted by atomic mass is 10.2. The van der Waals surface area contributed by atoms with E-state index in [1.54, 1.807) is 25.1 Å². The Morgan fingerprint density at radius 3 is 2.79 bits per heavy atom. The summed E-state index contributed by atoms with van der Waals surface area (Å²) in [7, 11) is 0. The van der Waals surface area contributed by atoms with Gasteiger partial charge in [-0.25, -0.2) is 4.98 Å². The minimum atomic E-state index is -4.37. The van der Waals surface area contributed by atoms with Crippen molar-refractivity contribution in [1.29, 1.82) is 0 Å². The van der Waals surface area contributed by atoms with Gasteiger partial charge in [-0.3, -0.25) is 0 Å². The van der Waals surface area contributed by atoms with E-state index >= 15 is 0 Å². The van der Waals surface area contributed by atoms with Crippen molar-refractivity contribution in [2.24, 2.45) is 0 Å². The number of hydrogen-bond donors (Lipinski definition) is 1. The monoisotopic (exact) mass is 352 g/mol. The van der Waals surface area contributed by atoms with Gasteiger partial charge in [-0.2, -0.15) is 18.3 Å². The maximum atomic E-state index is 12.7. The zero-order chi connectivity index (χ0) is 17.6. The van der Waals surface area contributed by atoms with Gasteiger partial charge in [0.25, 0.3) is 0 Å². The van der Waals surface area contributed by atoms with Gasteiger partial charge in [0.1, 0.15) is 0 Å². The third kappa shape index (κ3) is 5.09. The minimum Gasteiger partial charge on any atom is -0.362 e. The van der Waals surface area contributed by atoms with Gasteiger partial charge in [0, 0.05) is 17.6 Å². The number of thioether (sulfide) groups is 1. The summed E-state index contributed by atoms with van der Waals surface area (Å²) in [5, 5.41) is 11.3.